The molecule has 0 unspecified atom stereocenters. The average molecular weight is 248 g/mol. The van der Waals surface area contributed by atoms with Gasteiger partial charge in [0.2, 0.25) is 0 Å². The van der Waals surface area contributed by atoms with Crippen LogP contribution in [0.25, 0.3) is 0 Å². The van der Waals surface area contributed by atoms with Crippen molar-refractivity contribution in [2.24, 2.45) is 5.73 Å². The number of carbonyl (C=O) groups is 1. The molecule has 0 aliphatic rings. The molecule has 1 aromatic carbocycles. The third-order valence-electron chi connectivity index (χ3n) is 2.33. The van der Waals surface area contributed by atoms with Crippen LogP contribution in [0.5, 0.6) is 0 Å². The van der Waals surface area contributed by atoms with Gasteiger partial charge in [0.05, 0.1) is 0 Å². The number of aliphatic hydroxyl groups excluding tert-OH is 1. The summed E-state index contributed by atoms with van der Waals surface area (Å²) in [4.78, 5) is 14.9. The lowest BCUT2D eigenvalue weighted by molar-refractivity contribution is 0.0995. The van der Waals surface area contributed by atoms with E-state index in [9.17, 15) is 9.90 Å². The molecular formula is C12H12N2O2S. The summed E-state index contributed by atoms with van der Waals surface area (Å²) in [5, 5.41) is 12.0. The number of amides is 1. The van der Waals surface area contributed by atoms with E-state index in [1.807, 2.05) is 30.3 Å². The van der Waals surface area contributed by atoms with Crippen molar-refractivity contribution in [3.63, 3.8) is 0 Å². The third-order valence-corrected chi connectivity index (χ3v) is 3.28. The number of aliphatic hydroxyl groups is 1. The highest BCUT2D eigenvalue weighted by Crippen LogP contribution is 2.21. The lowest BCUT2D eigenvalue weighted by atomic mass is 10.1. The molecule has 1 heterocycles. The van der Waals surface area contributed by atoms with Gasteiger partial charge in [-0.2, -0.15) is 0 Å². The highest BCUT2D eigenvalue weighted by molar-refractivity contribution is 7.09. The van der Waals surface area contributed by atoms with Crippen LogP contribution >= 0.6 is 11.3 Å². The Hall–Kier alpha value is -1.72. The molecule has 0 fully saturated rings. The summed E-state index contributed by atoms with van der Waals surface area (Å²) in [5.74, 6) is -0.570. The Morgan fingerprint density at radius 3 is 2.71 bits per heavy atom. The summed E-state index contributed by atoms with van der Waals surface area (Å²) in [7, 11) is 0. The topological polar surface area (TPSA) is 76.2 Å². The first-order valence-corrected chi connectivity index (χ1v) is 6.02. The van der Waals surface area contributed by atoms with Crippen LogP contribution in [-0.2, 0) is 6.42 Å². The molecule has 1 atom stereocenters. The molecule has 2 aromatic rings. The minimum atomic E-state index is -0.699. The van der Waals surface area contributed by atoms with Crippen LogP contribution in [-0.4, -0.2) is 16.0 Å². The fraction of sp³-hybridized carbons (Fsp3) is 0.167. The van der Waals surface area contributed by atoms with E-state index in [4.69, 9.17) is 5.73 Å². The van der Waals surface area contributed by atoms with E-state index in [1.54, 1.807) is 5.38 Å². The van der Waals surface area contributed by atoms with Crippen LogP contribution < -0.4 is 5.73 Å². The molecule has 0 radical (unpaired) electrons. The van der Waals surface area contributed by atoms with Gasteiger partial charge < -0.3 is 10.8 Å². The zero-order chi connectivity index (χ0) is 12.3. The Labute approximate surface area is 103 Å². The molecule has 0 saturated carbocycles. The number of hydrogen-bond donors (Lipinski definition) is 2. The van der Waals surface area contributed by atoms with Gasteiger partial charge in [0.15, 0.2) is 0 Å². The number of aromatic nitrogens is 1. The first kappa shape index (κ1) is 11.8. The van der Waals surface area contributed by atoms with E-state index < -0.39 is 12.0 Å². The summed E-state index contributed by atoms with van der Waals surface area (Å²) in [6.45, 7) is 0. The molecule has 1 aromatic heterocycles. The second-order valence-corrected chi connectivity index (χ2v) is 4.53. The van der Waals surface area contributed by atoms with Gasteiger partial charge in [0.25, 0.3) is 5.91 Å². The van der Waals surface area contributed by atoms with Crippen molar-refractivity contribution in [3.05, 3.63) is 52.0 Å². The van der Waals surface area contributed by atoms with Gasteiger partial charge in [-0.15, -0.1) is 11.3 Å². The predicted molar refractivity (Wildman–Crippen MR) is 65.7 cm³/mol. The maximum Gasteiger partial charge on any atom is 0.268 e. The van der Waals surface area contributed by atoms with Crippen molar-refractivity contribution in [1.82, 2.24) is 4.98 Å². The van der Waals surface area contributed by atoms with Crippen LogP contribution in [0.4, 0.5) is 0 Å². The highest BCUT2D eigenvalue weighted by Gasteiger charge is 2.14. The summed E-state index contributed by atoms with van der Waals surface area (Å²) >= 11 is 1.24. The second-order valence-electron chi connectivity index (χ2n) is 3.64. The van der Waals surface area contributed by atoms with Crippen LogP contribution in [0.15, 0.2) is 35.7 Å². The maximum atomic E-state index is 10.9. The normalized spacial score (nSPS) is 12.3. The SMILES string of the molecule is NC(=O)c1csc([C@@H](O)Cc2ccccc2)n1. The molecule has 0 aliphatic carbocycles. The Morgan fingerprint density at radius 1 is 1.41 bits per heavy atom. The molecule has 4 nitrogen and oxygen atoms in total. The minimum Gasteiger partial charge on any atom is -0.386 e. The lowest BCUT2D eigenvalue weighted by Crippen LogP contribution is -2.12. The van der Waals surface area contributed by atoms with Gasteiger partial charge in [-0.3, -0.25) is 4.79 Å². The lowest BCUT2D eigenvalue weighted by Gasteiger charge is -2.06. The molecule has 17 heavy (non-hydrogen) atoms. The third kappa shape index (κ3) is 2.89. The van der Waals surface area contributed by atoms with Gasteiger partial charge in [-0.25, -0.2) is 4.98 Å². The first-order chi connectivity index (χ1) is 8.16. The summed E-state index contributed by atoms with van der Waals surface area (Å²) in [5.41, 5.74) is 6.33. The fourth-order valence-corrected chi connectivity index (χ4v) is 2.27. The molecule has 0 saturated heterocycles. The fourth-order valence-electron chi connectivity index (χ4n) is 1.48. The minimum absolute atomic E-state index is 0.206. The average Bonchev–Trinajstić information content (AvgIpc) is 2.79. The Morgan fingerprint density at radius 2 is 2.12 bits per heavy atom. The number of rotatable bonds is 4. The monoisotopic (exact) mass is 248 g/mol. The van der Waals surface area contributed by atoms with Crippen molar-refractivity contribution >= 4 is 17.2 Å². The summed E-state index contributed by atoms with van der Waals surface area (Å²) in [6, 6.07) is 9.62. The molecule has 0 bridgehead atoms. The Bertz CT molecular complexity index is 510. The smallest absolute Gasteiger partial charge is 0.268 e. The molecule has 1 amide bonds. The molecule has 3 N–H and O–H groups in total. The van der Waals surface area contributed by atoms with E-state index in [0.29, 0.717) is 11.4 Å². The van der Waals surface area contributed by atoms with Crippen molar-refractivity contribution in [2.45, 2.75) is 12.5 Å². The summed E-state index contributed by atoms with van der Waals surface area (Å²) in [6.07, 6.45) is -0.220. The van der Waals surface area contributed by atoms with E-state index in [0.717, 1.165) is 5.56 Å². The van der Waals surface area contributed by atoms with Gasteiger partial charge in [0, 0.05) is 11.8 Å². The maximum absolute atomic E-state index is 10.9. The van der Waals surface area contributed by atoms with Crippen LogP contribution in [0, 0.1) is 0 Å². The molecule has 2 rings (SSSR count). The van der Waals surface area contributed by atoms with Gasteiger partial charge >= 0.3 is 0 Å². The van der Waals surface area contributed by atoms with Gasteiger partial charge in [-0.1, -0.05) is 30.3 Å². The molecular weight excluding hydrogens is 236 g/mol. The first-order valence-electron chi connectivity index (χ1n) is 5.14. The van der Waals surface area contributed by atoms with Crippen LogP contribution in [0.3, 0.4) is 0 Å². The standard InChI is InChI=1S/C12H12N2O2S/c13-11(16)9-7-17-12(14-9)10(15)6-8-4-2-1-3-5-8/h1-5,7,10,15H,6H2,(H2,13,16)/t10-/m0/s1. The van der Waals surface area contributed by atoms with E-state index in [-0.39, 0.29) is 5.69 Å². The second kappa shape index (κ2) is 5.07. The van der Waals surface area contributed by atoms with Crippen LogP contribution in [0.2, 0.25) is 0 Å². The number of nitrogens with two attached hydrogens (primary N) is 1. The Kier molecular flexibility index (Phi) is 3.51. The molecule has 0 aliphatic heterocycles. The highest BCUT2D eigenvalue weighted by atomic mass is 32.1. The van der Waals surface area contributed by atoms with E-state index in [2.05, 4.69) is 4.98 Å². The zero-order valence-corrected chi connectivity index (χ0v) is 9.85. The van der Waals surface area contributed by atoms with Crippen molar-refractivity contribution < 1.29 is 9.90 Å². The molecule has 88 valence electrons. The van der Waals surface area contributed by atoms with Gasteiger partial charge in [0.1, 0.15) is 16.8 Å². The number of primary amides is 1. The van der Waals surface area contributed by atoms with E-state index >= 15 is 0 Å². The number of thiazole rings is 1. The predicted octanol–water partition coefficient (Wildman–Crippen LogP) is 1.52. The number of hydrogen-bond acceptors (Lipinski definition) is 4. The quantitative estimate of drug-likeness (QED) is 0.861. The van der Waals surface area contributed by atoms with Crippen molar-refractivity contribution in [1.29, 1.82) is 0 Å². The van der Waals surface area contributed by atoms with Crippen molar-refractivity contribution in [2.75, 3.05) is 0 Å². The Balaban J connectivity index is 2.09. The number of carbonyl (C=O) groups excluding carboxylic acids is 1. The largest absolute Gasteiger partial charge is 0.386 e. The van der Waals surface area contributed by atoms with Crippen molar-refractivity contribution in [3.8, 4) is 0 Å². The number of benzene rings is 1. The zero-order valence-electron chi connectivity index (χ0n) is 9.04. The van der Waals surface area contributed by atoms with E-state index in [1.165, 1.54) is 11.3 Å². The molecule has 5 heteroatoms. The van der Waals surface area contributed by atoms with Crippen LogP contribution in [0.1, 0.15) is 27.2 Å². The molecule has 0 spiro atoms. The number of nitrogens with zero attached hydrogens (tertiary/aromatic N) is 1. The van der Waals surface area contributed by atoms with Gasteiger partial charge in [-0.05, 0) is 5.56 Å². The summed E-state index contributed by atoms with van der Waals surface area (Å²) < 4.78 is 0.